The number of nitrogens with zero attached hydrogens (tertiary/aromatic N) is 1. The van der Waals surface area contributed by atoms with Crippen LogP contribution in [0.4, 0.5) is 0 Å². The van der Waals surface area contributed by atoms with E-state index in [9.17, 15) is 0 Å². The van der Waals surface area contributed by atoms with Gasteiger partial charge in [0.1, 0.15) is 0 Å². The highest BCUT2D eigenvalue weighted by Crippen LogP contribution is 2.29. The van der Waals surface area contributed by atoms with E-state index in [1.165, 1.54) is 34.2 Å². The Bertz CT molecular complexity index is 523. The second kappa shape index (κ2) is 9.63. The van der Waals surface area contributed by atoms with Crippen LogP contribution in [0.5, 0.6) is 0 Å². The van der Waals surface area contributed by atoms with Crippen LogP contribution in [0.2, 0.25) is 0 Å². The van der Waals surface area contributed by atoms with Crippen LogP contribution < -0.4 is 5.73 Å². The fourth-order valence-corrected chi connectivity index (χ4v) is 4.56. The minimum atomic E-state index is 0.672. The highest BCUT2D eigenvalue weighted by Gasteiger charge is 2.22. The van der Waals surface area contributed by atoms with Gasteiger partial charge in [0.2, 0.25) is 0 Å². The highest BCUT2D eigenvalue weighted by atomic mass is 32.2. The Hall–Kier alpha value is -0.460. The van der Waals surface area contributed by atoms with Gasteiger partial charge in [-0.05, 0) is 42.5 Å². The van der Waals surface area contributed by atoms with Gasteiger partial charge < -0.3 is 5.73 Å². The van der Waals surface area contributed by atoms with E-state index >= 15 is 0 Å². The normalized spacial score (nSPS) is 18.0. The molecule has 0 spiro atoms. The van der Waals surface area contributed by atoms with E-state index in [2.05, 4.69) is 59.3 Å². The predicted molar refractivity (Wildman–Crippen MR) is 103 cm³/mol. The van der Waals surface area contributed by atoms with E-state index in [4.69, 9.17) is 5.73 Å². The second-order valence-electron chi connectivity index (χ2n) is 5.10. The molecule has 1 atom stereocenters. The molecule has 2 heterocycles. The third-order valence-corrected chi connectivity index (χ3v) is 6.76. The Kier molecular flexibility index (Phi) is 7.83. The standard InChI is InChI=1S/C11H15NS.C6H9NS2/c1-13-12-8-7-11(9-12)10-5-3-2-4-6-10;1-8-6-3-2-5(4-7)9-6/h2-6,11H,7-9H2,1H3;2-3H,4,7H2,1H3. The van der Waals surface area contributed by atoms with Crippen LogP contribution in [-0.2, 0) is 6.54 Å². The maximum absolute atomic E-state index is 5.42. The first-order chi connectivity index (χ1) is 10.8. The molecule has 120 valence electrons. The fraction of sp³-hybridized carbons (Fsp3) is 0.412. The molecule has 2 aromatic rings. The zero-order chi connectivity index (χ0) is 15.8. The van der Waals surface area contributed by atoms with Crippen LogP contribution in [0.15, 0.2) is 46.7 Å². The maximum Gasteiger partial charge on any atom is 0.0599 e. The van der Waals surface area contributed by atoms with Crippen molar-refractivity contribution in [2.45, 2.75) is 23.1 Å². The average Bonchev–Trinajstić information content (AvgIpc) is 3.25. The lowest BCUT2D eigenvalue weighted by Crippen LogP contribution is -2.10. The van der Waals surface area contributed by atoms with Gasteiger partial charge >= 0.3 is 0 Å². The molecule has 0 saturated carbocycles. The number of nitrogens with two attached hydrogens (primary N) is 1. The summed E-state index contributed by atoms with van der Waals surface area (Å²) >= 11 is 5.40. The van der Waals surface area contributed by atoms with Crippen molar-refractivity contribution in [1.29, 1.82) is 0 Å². The van der Waals surface area contributed by atoms with Gasteiger partial charge in [-0.1, -0.05) is 42.3 Å². The Balaban J connectivity index is 0.000000172. The van der Waals surface area contributed by atoms with Gasteiger partial charge in [0.25, 0.3) is 0 Å². The first-order valence-corrected chi connectivity index (χ1v) is 10.7. The first kappa shape index (κ1) is 17.9. The van der Waals surface area contributed by atoms with E-state index in [1.807, 2.05) is 11.9 Å². The van der Waals surface area contributed by atoms with Gasteiger partial charge in [-0.3, -0.25) is 4.31 Å². The molecule has 1 fully saturated rings. The van der Waals surface area contributed by atoms with E-state index in [0.717, 1.165) is 5.92 Å². The minimum absolute atomic E-state index is 0.672. The van der Waals surface area contributed by atoms with Crippen LogP contribution in [0.3, 0.4) is 0 Å². The van der Waals surface area contributed by atoms with Gasteiger partial charge in [-0.25, -0.2) is 0 Å². The number of benzene rings is 1. The van der Waals surface area contributed by atoms with Crippen LogP contribution in [-0.4, -0.2) is 29.9 Å². The summed E-state index contributed by atoms with van der Waals surface area (Å²) in [6.07, 6.45) is 5.55. The van der Waals surface area contributed by atoms with E-state index in [-0.39, 0.29) is 0 Å². The Labute approximate surface area is 146 Å². The highest BCUT2D eigenvalue weighted by molar-refractivity contribution is 8.00. The molecule has 0 radical (unpaired) electrons. The molecule has 1 saturated heterocycles. The van der Waals surface area contributed by atoms with Crippen molar-refractivity contribution < 1.29 is 0 Å². The zero-order valence-corrected chi connectivity index (χ0v) is 15.6. The maximum atomic E-state index is 5.42. The summed E-state index contributed by atoms with van der Waals surface area (Å²) < 4.78 is 3.79. The van der Waals surface area contributed by atoms with Crippen LogP contribution in [0.1, 0.15) is 22.8 Å². The molecule has 0 aliphatic carbocycles. The molecule has 1 aliphatic rings. The third-order valence-electron chi connectivity index (χ3n) is 3.72. The fourth-order valence-electron chi connectivity index (χ4n) is 2.47. The summed E-state index contributed by atoms with van der Waals surface area (Å²) in [5.41, 5.74) is 6.92. The van der Waals surface area contributed by atoms with Crippen LogP contribution >= 0.6 is 35.0 Å². The Morgan fingerprint density at radius 1 is 1.18 bits per heavy atom. The quantitative estimate of drug-likeness (QED) is 0.639. The summed E-state index contributed by atoms with van der Waals surface area (Å²) in [7, 11) is 0. The van der Waals surface area contributed by atoms with Crippen molar-refractivity contribution in [3.05, 3.63) is 52.9 Å². The van der Waals surface area contributed by atoms with Gasteiger partial charge in [-0.2, -0.15) is 0 Å². The van der Waals surface area contributed by atoms with Crippen LogP contribution in [0.25, 0.3) is 0 Å². The summed E-state index contributed by atoms with van der Waals surface area (Å²) in [5, 5.41) is 0. The van der Waals surface area contributed by atoms with Gasteiger partial charge in [-0.15, -0.1) is 23.1 Å². The van der Waals surface area contributed by atoms with Crippen molar-refractivity contribution in [1.82, 2.24) is 4.31 Å². The van der Waals surface area contributed by atoms with Gasteiger partial charge in [0.15, 0.2) is 0 Å². The first-order valence-electron chi connectivity index (χ1n) is 7.43. The number of hydrogen-bond donors (Lipinski definition) is 1. The molecule has 2 nitrogen and oxygen atoms in total. The second-order valence-corrected chi connectivity index (χ2v) is 8.25. The number of thioether (sulfide) groups is 1. The Morgan fingerprint density at radius 2 is 1.95 bits per heavy atom. The van der Waals surface area contributed by atoms with E-state index in [1.54, 1.807) is 23.1 Å². The van der Waals surface area contributed by atoms with Gasteiger partial charge in [0.05, 0.1) is 4.21 Å². The van der Waals surface area contributed by atoms with Crippen molar-refractivity contribution in [3.8, 4) is 0 Å². The molecule has 1 unspecified atom stereocenters. The predicted octanol–water partition coefficient (Wildman–Crippen LogP) is 4.68. The van der Waals surface area contributed by atoms with E-state index in [0.29, 0.717) is 6.54 Å². The zero-order valence-electron chi connectivity index (χ0n) is 13.2. The molecule has 5 heteroatoms. The molecule has 22 heavy (non-hydrogen) atoms. The number of hydrogen-bond acceptors (Lipinski definition) is 5. The smallest absolute Gasteiger partial charge is 0.0599 e. The van der Waals surface area contributed by atoms with Crippen molar-refractivity contribution >= 4 is 35.0 Å². The topological polar surface area (TPSA) is 29.3 Å². The molecule has 2 N–H and O–H groups in total. The monoisotopic (exact) mass is 352 g/mol. The number of rotatable bonds is 4. The summed E-state index contributed by atoms with van der Waals surface area (Å²) in [6, 6.07) is 15.0. The lowest BCUT2D eigenvalue weighted by Gasteiger charge is -2.11. The van der Waals surface area contributed by atoms with Crippen LogP contribution in [0, 0.1) is 0 Å². The third kappa shape index (κ3) is 5.32. The molecule has 0 amide bonds. The molecular formula is C17H24N2S3. The van der Waals surface area contributed by atoms with Gasteiger partial charge in [0, 0.05) is 24.5 Å². The summed E-state index contributed by atoms with van der Waals surface area (Å²) in [6.45, 7) is 3.12. The van der Waals surface area contributed by atoms with E-state index < -0.39 is 0 Å². The van der Waals surface area contributed by atoms with Crippen molar-refractivity contribution in [2.75, 3.05) is 25.6 Å². The minimum Gasteiger partial charge on any atom is -0.326 e. The molecule has 1 aromatic carbocycles. The molecule has 1 aliphatic heterocycles. The number of thiophene rings is 1. The summed E-state index contributed by atoms with van der Waals surface area (Å²) in [5.74, 6) is 0.758. The average molecular weight is 353 g/mol. The molecule has 0 bridgehead atoms. The lowest BCUT2D eigenvalue weighted by molar-refractivity contribution is 0.577. The van der Waals surface area contributed by atoms with Crippen molar-refractivity contribution in [3.63, 3.8) is 0 Å². The lowest BCUT2D eigenvalue weighted by atomic mass is 9.99. The summed E-state index contributed by atoms with van der Waals surface area (Å²) in [4.78, 5) is 1.26. The molecular weight excluding hydrogens is 328 g/mol. The largest absolute Gasteiger partial charge is 0.326 e. The Morgan fingerprint density at radius 3 is 2.45 bits per heavy atom. The SMILES string of the molecule is CSN1CCC(c2ccccc2)C1.CSc1ccc(CN)s1. The molecule has 3 rings (SSSR count). The van der Waals surface area contributed by atoms with Crippen molar-refractivity contribution in [2.24, 2.45) is 5.73 Å². The molecule has 1 aromatic heterocycles.